The molecule has 0 aliphatic heterocycles. The first-order chi connectivity index (χ1) is 8.10. The summed E-state index contributed by atoms with van der Waals surface area (Å²) in [5, 5.41) is 3.87. The molecule has 0 aliphatic carbocycles. The van der Waals surface area contributed by atoms with Crippen molar-refractivity contribution in [1.82, 2.24) is 19.7 Å². The van der Waals surface area contributed by atoms with E-state index < -0.39 is 0 Å². The Bertz CT molecular complexity index is 590. The molecule has 0 radical (unpaired) electrons. The third kappa shape index (κ3) is 2.52. The van der Waals surface area contributed by atoms with Crippen molar-refractivity contribution in [3.05, 3.63) is 39.1 Å². The molecule has 0 fully saturated rings. The summed E-state index contributed by atoms with van der Waals surface area (Å²) in [6, 6.07) is 1.27. The van der Waals surface area contributed by atoms with Crippen LogP contribution in [0.25, 0.3) is 0 Å². The molecule has 0 saturated heterocycles. The largest absolute Gasteiger partial charge is 0.337 e. The quantitative estimate of drug-likeness (QED) is 0.770. The van der Waals surface area contributed by atoms with Gasteiger partial charge in [0.15, 0.2) is 5.82 Å². The van der Waals surface area contributed by atoms with Crippen molar-refractivity contribution in [3.8, 4) is 0 Å². The molecule has 0 N–H and O–H groups in total. The standard InChI is InChI=1S/C10H11ClN4O2/c1-3-8-13-7(11)4-10(16)15(8)5-9-12-6(2)14-17-9/h4H,3,5H2,1-2H3. The predicted molar refractivity (Wildman–Crippen MR) is 61.0 cm³/mol. The second-order valence-electron chi connectivity index (χ2n) is 3.51. The molecule has 0 spiro atoms. The van der Waals surface area contributed by atoms with Crippen LogP contribution in [0, 0.1) is 6.92 Å². The van der Waals surface area contributed by atoms with Gasteiger partial charge in [0, 0.05) is 12.5 Å². The molecule has 0 unspecified atom stereocenters. The average Bonchev–Trinajstić information content (AvgIpc) is 2.67. The number of halogens is 1. The van der Waals surface area contributed by atoms with Crippen molar-refractivity contribution in [3.63, 3.8) is 0 Å². The molecule has 7 heteroatoms. The first-order valence-corrected chi connectivity index (χ1v) is 5.53. The van der Waals surface area contributed by atoms with Gasteiger partial charge < -0.3 is 4.52 Å². The fourth-order valence-corrected chi connectivity index (χ4v) is 1.69. The van der Waals surface area contributed by atoms with Crippen LogP contribution in [0.4, 0.5) is 0 Å². The highest BCUT2D eigenvalue weighted by Gasteiger charge is 2.10. The van der Waals surface area contributed by atoms with Crippen LogP contribution >= 0.6 is 11.6 Å². The van der Waals surface area contributed by atoms with Crippen molar-refractivity contribution in [2.45, 2.75) is 26.8 Å². The number of aryl methyl sites for hydroxylation is 2. The van der Waals surface area contributed by atoms with E-state index in [-0.39, 0.29) is 17.3 Å². The second-order valence-corrected chi connectivity index (χ2v) is 3.90. The van der Waals surface area contributed by atoms with E-state index in [4.69, 9.17) is 16.1 Å². The molecule has 2 rings (SSSR count). The number of aromatic nitrogens is 4. The van der Waals surface area contributed by atoms with Gasteiger partial charge in [0.25, 0.3) is 5.56 Å². The van der Waals surface area contributed by atoms with E-state index in [0.29, 0.717) is 24.0 Å². The molecule has 90 valence electrons. The first-order valence-electron chi connectivity index (χ1n) is 5.15. The molecule has 0 amide bonds. The fraction of sp³-hybridized carbons (Fsp3) is 0.400. The Morgan fingerprint density at radius 3 is 2.82 bits per heavy atom. The lowest BCUT2D eigenvalue weighted by Crippen LogP contribution is -2.24. The lowest BCUT2D eigenvalue weighted by molar-refractivity contribution is 0.364. The topological polar surface area (TPSA) is 73.8 Å². The zero-order chi connectivity index (χ0) is 12.4. The second kappa shape index (κ2) is 4.67. The summed E-state index contributed by atoms with van der Waals surface area (Å²) < 4.78 is 6.44. The zero-order valence-electron chi connectivity index (χ0n) is 9.47. The van der Waals surface area contributed by atoms with E-state index in [9.17, 15) is 4.79 Å². The molecule has 0 saturated carbocycles. The lowest BCUT2D eigenvalue weighted by atomic mass is 10.4. The number of nitrogens with zero attached hydrogens (tertiary/aromatic N) is 4. The zero-order valence-corrected chi connectivity index (χ0v) is 10.2. The SMILES string of the molecule is CCc1nc(Cl)cc(=O)n1Cc1nc(C)no1. The maximum atomic E-state index is 11.8. The molecule has 2 aromatic heterocycles. The van der Waals surface area contributed by atoms with Crippen molar-refractivity contribution >= 4 is 11.6 Å². The Hall–Kier alpha value is -1.69. The molecule has 2 heterocycles. The van der Waals surface area contributed by atoms with Crippen LogP contribution in [-0.2, 0) is 13.0 Å². The third-order valence-electron chi connectivity index (χ3n) is 2.24. The van der Waals surface area contributed by atoms with Gasteiger partial charge in [0.1, 0.15) is 17.5 Å². The molecule has 0 atom stereocenters. The van der Waals surface area contributed by atoms with Gasteiger partial charge in [-0.25, -0.2) is 4.98 Å². The van der Waals surface area contributed by atoms with Crippen LogP contribution in [0.5, 0.6) is 0 Å². The van der Waals surface area contributed by atoms with Crippen molar-refractivity contribution < 1.29 is 4.52 Å². The Kier molecular flexibility index (Phi) is 3.23. The molecular formula is C10H11ClN4O2. The molecule has 0 aromatic carbocycles. The van der Waals surface area contributed by atoms with Gasteiger partial charge in [-0.3, -0.25) is 9.36 Å². The highest BCUT2D eigenvalue weighted by molar-refractivity contribution is 6.29. The maximum absolute atomic E-state index is 11.8. The third-order valence-corrected chi connectivity index (χ3v) is 2.43. The highest BCUT2D eigenvalue weighted by Crippen LogP contribution is 2.05. The molecular weight excluding hydrogens is 244 g/mol. The Labute approximate surface area is 102 Å². The van der Waals surface area contributed by atoms with Crippen molar-refractivity contribution in [2.75, 3.05) is 0 Å². The van der Waals surface area contributed by atoms with Crippen LogP contribution in [0.3, 0.4) is 0 Å². The number of rotatable bonds is 3. The Balaban J connectivity index is 2.41. The van der Waals surface area contributed by atoms with E-state index in [1.54, 1.807) is 6.92 Å². The van der Waals surface area contributed by atoms with E-state index in [2.05, 4.69) is 15.1 Å². The lowest BCUT2D eigenvalue weighted by Gasteiger charge is -2.07. The van der Waals surface area contributed by atoms with Gasteiger partial charge in [-0.2, -0.15) is 4.98 Å². The van der Waals surface area contributed by atoms with Gasteiger partial charge in [-0.1, -0.05) is 23.7 Å². The summed E-state index contributed by atoms with van der Waals surface area (Å²) in [6.45, 7) is 3.83. The molecule has 17 heavy (non-hydrogen) atoms. The monoisotopic (exact) mass is 254 g/mol. The summed E-state index contributed by atoms with van der Waals surface area (Å²) in [5.41, 5.74) is -0.224. The van der Waals surface area contributed by atoms with E-state index in [1.165, 1.54) is 10.6 Å². The van der Waals surface area contributed by atoms with Crippen LogP contribution in [0.2, 0.25) is 5.15 Å². The molecule has 2 aromatic rings. The van der Waals surface area contributed by atoms with Gasteiger partial charge in [0.05, 0.1) is 0 Å². The van der Waals surface area contributed by atoms with E-state index in [0.717, 1.165) is 0 Å². The first kappa shape index (κ1) is 11.8. The van der Waals surface area contributed by atoms with Gasteiger partial charge in [-0.15, -0.1) is 0 Å². The van der Waals surface area contributed by atoms with Crippen molar-refractivity contribution in [2.24, 2.45) is 0 Å². The minimum atomic E-state index is -0.224. The smallest absolute Gasteiger partial charge is 0.255 e. The van der Waals surface area contributed by atoms with E-state index >= 15 is 0 Å². The minimum absolute atomic E-state index is 0.199. The van der Waals surface area contributed by atoms with Gasteiger partial charge in [0.2, 0.25) is 5.89 Å². The predicted octanol–water partition coefficient (Wildman–Crippen LogP) is 1.20. The average molecular weight is 255 g/mol. The molecule has 6 nitrogen and oxygen atoms in total. The normalized spacial score (nSPS) is 10.8. The van der Waals surface area contributed by atoms with Crippen LogP contribution in [-0.4, -0.2) is 19.7 Å². The number of hydrogen-bond acceptors (Lipinski definition) is 5. The van der Waals surface area contributed by atoms with Gasteiger partial charge in [-0.05, 0) is 6.92 Å². The summed E-state index contributed by atoms with van der Waals surface area (Å²) in [4.78, 5) is 19.9. The molecule has 0 aliphatic rings. The minimum Gasteiger partial charge on any atom is -0.337 e. The van der Waals surface area contributed by atoms with Crippen LogP contribution < -0.4 is 5.56 Å². The van der Waals surface area contributed by atoms with Crippen LogP contribution in [0.1, 0.15) is 24.5 Å². The Morgan fingerprint density at radius 2 is 2.24 bits per heavy atom. The van der Waals surface area contributed by atoms with E-state index in [1.807, 2.05) is 6.92 Å². The van der Waals surface area contributed by atoms with Crippen molar-refractivity contribution in [1.29, 1.82) is 0 Å². The summed E-state index contributed by atoms with van der Waals surface area (Å²) >= 11 is 5.73. The summed E-state index contributed by atoms with van der Waals surface area (Å²) in [5.74, 6) is 1.51. The Morgan fingerprint density at radius 1 is 1.47 bits per heavy atom. The summed E-state index contributed by atoms with van der Waals surface area (Å²) in [6.07, 6.45) is 0.600. The summed E-state index contributed by atoms with van der Waals surface area (Å²) in [7, 11) is 0. The maximum Gasteiger partial charge on any atom is 0.255 e. The molecule has 0 bridgehead atoms. The fourth-order valence-electron chi connectivity index (χ4n) is 1.50. The van der Waals surface area contributed by atoms with Gasteiger partial charge >= 0.3 is 0 Å². The highest BCUT2D eigenvalue weighted by atomic mass is 35.5. The number of hydrogen-bond donors (Lipinski definition) is 0. The van der Waals surface area contributed by atoms with Crippen LogP contribution in [0.15, 0.2) is 15.4 Å².